The lowest BCUT2D eigenvalue weighted by atomic mass is 10.0. The molecular weight excluding hydrogens is 793 g/mol. The summed E-state index contributed by atoms with van der Waals surface area (Å²) in [7, 11) is -6.70. The van der Waals surface area contributed by atoms with E-state index in [2.05, 4.69) is 13.8 Å². The van der Waals surface area contributed by atoms with Gasteiger partial charge in [-0.3, -0.25) is 9.59 Å². The third kappa shape index (κ3) is 20.9. The Morgan fingerprint density at radius 3 is 0.817 bits per heavy atom. The molecule has 60 heavy (non-hydrogen) atoms. The average Bonchev–Trinajstić information content (AvgIpc) is 3.26. The molecule has 0 saturated carbocycles. The summed E-state index contributed by atoms with van der Waals surface area (Å²) < 4.78 is 55.2. The molecule has 0 aromatic heterocycles. The zero-order valence-electron chi connectivity index (χ0n) is 38.2. The molecule has 0 unspecified atom stereocenters. The number of hydrogen-bond donors (Lipinski definition) is 0. The minimum atomic E-state index is -3.35. The molecule has 346 valence electrons. The molecule has 0 spiro atoms. The van der Waals surface area contributed by atoms with Crippen molar-refractivity contribution in [3.63, 3.8) is 0 Å². The van der Waals surface area contributed by atoms with Crippen molar-refractivity contribution in [3.05, 3.63) is 35.4 Å². The van der Waals surface area contributed by atoms with Crippen LogP contribution in [0.3, 0.4) is 0 Å². The van der Waals surface area contributed by atoms with E-state index in [4.69, 9.17) is 0 Å². The highest BCUT2D eigenvalue weighted by molar-refractivity contribution is 7.89. The molecule has 2 heterocycles. The number of hydrogen-bond acceptors (Lipinski definition) is 6. The van der Waals surface area contributed by atoms with E-state index < -0.39 is 20.0 Å². The summed E-state index contributed by atoms with van der Waals surface area (Å²) in [5.41, 5.74) is 0.925. The van der Waals surface area contributed by atoms with Gasteiger partial charge in [0, 0.05) is 63.5 Å². The maximum Gasteiger partial charge on any atom is 0.253 e. The molecule has 2 fully saturated rings. The van der Waals surface area contributed by atoms with Gasteiger partial charge in [-0.1, -0.05) is 181 Å². The van der Waals surface area contributed by atoms with Crippen LogP contribution in [-0.2, 0) is 20.0 Å². The second kappa shape index (κ2) is 30.9. The number of carbonyl (C=O) groups is 2. The maximum atomic E-state index is 13.3. The molecule has 1 aromatic carbocycles. The topological polar surface area (TPSA) is 115 Å². The summed E-state index contributed by atoms with van der Waals surface area (Å²) in [5.74, 6) is -0.0103. The lowest BCUT2D eigenvalue weighted by Gasteiger charge is -2.34. The third-order valence-electron chi connectivity index (χ3n) is 12.7. The van der Waals surface area contributed by atoms with Gasteiger partial charge in [0.2, 0.25) is 20.0 Å². The molecule has 2 saturated heterocycles. The summed E-state index contributed by atoms with van der Waals surface area (Å²) >= 11 is 0. The van der Waals surface area contributed by atoms with Gasteiger partial charge in [0.25, 0.3) is 11.8 Å². The van der Waals surface area contributed by atoms with Crippen LogP contribution in [0.15, 0.2) is 24.3 Å². The number of sulfonamides is 2. The molecule has 3 rings (SSSR count). The van der Waals surface area contributed by atoms with Gasteiger partial charge in [0.1, 0.15) is 0 Å². The predicted octanol–water partition coefficient (Wildman–Crippen LogP) is 10.8. The smallest absolute Gasteiger partial charge is 0.253 e. The van der Waals surface area contributed by atoms with Crippen molar-refractivity contribution in [2.45, 2.75) is 194 Å². The van der Waals surface area contributed by atoms with Crippen LogP contribution in [0.5, 0.6) is 0 Å². The molecule has 1 aromatic rings. The SMILES string of the molecule is CCCCCCCCCCCCCCCCS(=O)(=O)N1CCN(C(=O)c2ccc(C(=O)N3CCN(S(=O)(=O)CCCCCCCCCCCCCCCC)CC3)cc2)CC1. The maximum absolute atomic E-state index is 13.3. The van der Waals surface area contributed by atoms with E-state index in [1.54, 1.807) is 34.1 Å². The molecule has 10 nitrogen and oxygen atoms in total. The van der Waals surface area contributed by atoms with E-state index in [1.807, 2.05) is 0 Å². The number of nitrogens with zero attached hydrogens (tertiary/aromatic N) is 4. The van der Waals surface area contributed by atoms with Crippen LogP contribution in [-0.4, -0.2) is 111 Å². The van der Waals surface area contributed by atoms with E-state index in [0.29, 0.717) is 76.3 Å². The number of benzene rings is 1. The molecule has 0 bridgehead atoms. The van der Waals surface area contributed by atoms with E-state index in [-0.39, 0.29) is 23.3 Å². The fraction of sp³-hybridized carbons (Fsp3) is 0.833. The summed E-state index contributed by atoms with van der Waals surface area (Å²) in [6, 6.07) is 6.63. The van der Waals surface area contributed by atoms with E-state index in [1.165, 1.54) is 150 Å². The van der Waals surface area contributed by atoms with Gasteiger partial charge >= 0.3 is 0 Å². The number of unbranched alkanes of at least 4 members (excludes halogenated alkanes) is 26. The minimum absolute atomic E-state index is 0.166. The first-order valence-electron chi connectivity index (χ1n) is 24.7. The molecule has 0 radical (unpaired) electrons. The summed E-state index contributed by atoms with van der Waals surface area (Å²) in [5, 5.41) is 0. The Balaban J connectivity index is 1.24. The van der Waals surface area contributed by atoms with Crippen LogP contribution in [0.4, 0.5) is 0 Å². The first-order chi connectivity index (χ1) is 29.1. The first-order valence-corrected chi connectivity index (χ1v) is 27.9. The monoisotopic (exact) mass is 879 g/mol. The van der Waals surface area contributed by atoms with Gasteiger partial charge in [0.15, 0.2) is 0 Å². The minimum Gasteiger partial charge on any atom is -0.336 e. The molecule has 0 N–H and O–H groups in total. The van der Waals surface area contributed by atoms with Gasteiger partial charge in [-0.25, -0.2) is 16.8 Å². The number of piperazine rings is 2. The van der Waals surface area contributed by atoms with Gasteiger partial charge in [-0.05, 0) is 37.1 Å². The Kier molecular flexibility index (Phi) is 27.0. The summed E-state index contributed by atoms with van der Waals surface area (Å²) in [6.07, 6.45) is 34.4. The van der Waals surface area contributed by atoms with Crippen LogP contribution < -0.4 is 0 Å². The Hall–Kier alpha value is -2.02. The highest BCUT2D eigenvalue weighted by atomic mass is 32.2. The molecule has 2 amide bonds. The molecule has 2 aliphatic heterocycles. The number of amides is 2. The first kappa shape index (κ1) is 52.3. The zero-order chi connectivity index (χ0) is 43.3. The standard InChI is InChI=1S/C48H86N4O6S2/c1-3-5-7-9-11-13-15-17-19-21-23-25-27-29-43-59(55,56)51-39-35-49(36-40-51)47(53)45-31-33-46(34-32-45)48(54)50-37-41-52(42-38-50)60(57,58)44-30-28-26-24-22-20-18-16-14-12-10-8-6-4-2/h31-34H,3-30,35-44H2,1-2H3. The normalized spacial score (nSPS) is 15.8. The van der Waals surface area contributed by atoms with Crippen LogP contribution >= 0.6 is 0 Å². The van der Waals surface area contributed by atoms with Gasteiger partial charge in [0.05, 0.1) is 11.5 Å². The molecule has 2 aliphatic rings. The van der Waals surface area contributed by atoms with Crippen molar-refractivity contribution in [2.75, 3.05) is 63.9 Å². The van der Waals surface area contributed by atoms with Crippen LogP contribution in [0.2, 0.25) is 0 Å². The molecule has 0 atom stereocenters. The van der Waals surface area contributed by atoms with Gasteiger partial charge in [-0.15, -0.1) is 0 Å². The Morgan fingerprint density at radius 2 is 0.583 bits per heavy atom. The lowest BCUT2D eigenvalue weighted by molar-refractivity contribution is 0.0687. The van der Waals surface area contributed by atoms with E-state index in [9.17, 15) is 26.4 Å². The van der Waals surface area contributed by atoms with Gasteiger partial charge in [-0.2, -0.15) is 8.61 Å². The second-order valence-electron chi connectivity index (χ2n) is 17.8. The van der Waals surface area contributed by atoms with E-state index >= 15 is 0 Å². The van der Waals surface area contributed by atoms with Crippen molar-refractivity contribution in [2.24, 2.45) is 0 Å². The van der Waals surface area contributed by atoms with Crippen LogP contribution in [0.25, 0.3) is 0 Å². The Morgan fingerprint density at radius 1 is 0.367 bits per heavy atom. The predicted molar refractivity (Wildman–Crippen MR) is 250 cm³/mol. The zero-order valence-corrected chi connectivity index (χ0v) is 39.9. The Bertz CT molecular complexity index is 1390. The fourth-order valence-electron chi connectivity index (χ4n) is 8.68. The van der Waals surface area contributed by atoms with Crippen molar-refractivity contribution in [1.82, 2.24) is 18.4 Å². The summed E-state index contributed by atoms with van der Waals surface area (Å²) in [6.45, 7) is 7.05. The fourth-order valence-corrected chi connectivity index (χ4v) is 11.8. The molecule has 0 aliphatic carbocycles. The largest absolute Gasteiger partial charge is 0.336 e. The van der Waals surface area contributed by atoms with E-state index in [0.717, 1.165) is 25.7 Å². The van der Waals surface area contributed by atoms with Gasteiger partial charge < -0.3 is 9.80 Å². The molecule has 12 heteroatoms. The van der Waals surface area contributed by atoms with Crippen molar-refractivity contribution in [3.8, 4) is 0 Å². The average molecular weight is 879 g/mol. The highest BCUT2D eigenvalue weighted by Gasteiger charge is 2.31. The van der Waals surface area contributed by atoms with Crippen molar-refractivity contribution >= 4 is 31.9 Å². The number of carbonyl (C=O) groups excluding carboxylic acids is 2. The summed E-state index contributed by atoms with van der Waals surface area (Å²) in [4.78, 5) is 30.0. The Labute approximate surface area is 368 Å². The van der Waals surface area contributed by atoms with Crippen LogP contribution in [0, 0.1) is 0 Å². The molecular formula is C48H86N4O6S2. The second-order valence-corrected chi connectivity index (χ2v) is 22.0. The third-order valence-corrected chi connectivity index (χ3v) is 16.6. The van der Waals surface area contributed by atoms with Crippen molar-refractivity contribution in [1.29, 1.82) is 0 Å². The van der Waals surface area contributed by atoms with Crippen LogP contribution in [0.1, 0.15) is 214 Å². The highest BCUT2D eigenvalue weighted by Crippen LogP contribution is 2.19. The quantitative estimate of drug-likeness (QED) is 0.0637. The lowest BCUT2D eigenvalue weighted by Crippen LogP contribution is -2.51. The number of rotatable bonds is 34. The van der Waals surface area contributed by atoms with Crippen molar-refractivity contribution < 1.29 is 26.4 Å².